The summed E-state index contributed by atoms with van der Waals surface area (Å²) in [5, 5.41) is 11.1. The maximum atomic E-state index is 15.1. The van der Waals surface area contributed by atoms with Gasteiger partial charge in [0, 0.05) is 18.1 Å². The van der Waals surface area contributed by atoms with Crippen LogP contribution < -0.4 is 9.47 Å². The van der Waals surface area contributed by atoms with Gasteiger partial charge in [-0.15, -0.1) is 6.58 Å². The van der Waals surface area contributed by atoms with Crippen molar-refractivity contribution >= 4 is 11.7 Å². The number of ether oxygens (including phenoxy) is 4. The van der Waals surface area contributed by atoms with Crippen molar-refractivity contribution < 1.29 is 33.1 Å². The van der Waals surface area contributed by atoms with Crippen molar-refractivity contribution in [3.05, 3.63) is 70.0 Å². The number of allylic oxidation sites excluding steroid dienone is 2. The summed E-state index contributed by atoms with van der Waals surface area (Å²) in [5.41, 5.74) is -0.00760. The number of carbonyl (C=O) groups excluding carboxylic acids is 1. The minimum atomic E-state index is -0.845. The summed E-state index contributed by atoms with van der Waals surface area (Å²) in [6, 6.07) is 2.80. The van der Waals surface area contributed by atoms with E-state index in [-0.39, 0.29) is 54.9 Å². The number of halogens is 1. The number of aromatic nitrogens is 2. The highest BCUT2D eigenvalue weighted by Crippen LogP contribution is 2.47. The number of imidazole rings is 1. The Balaban J connectivity index is 1.58. The molecular weight excluding hydrogens is 473 g/mol. The molecule has 0 radical (unpaired) electrons. The number of nitrogens with zero attached hydrogens (tertiary/aromatic N) is 3. The summed E-state index contributed by atoms with van der Waals surface area (Å²) in [5.74, 6) is -0.378. The van der Waals surface area contributed by atoms with Gasteiger partial charge in [0.2, 0.25) is 0 Å². The smallest absolute Gasteiger partial charge is 0.434 e. The Labute approximate surface area is 207 Å². The fourth-order valence-corrected chi connectivity index (χ4v) is 4.81. The average molecular weight is 502 g/mol. The van der Waals surface area contributed by atoms with E-state index in [2.05, 4.69) is 11.6 Å². The molecule has 4 rings (SSSR count). The Morgan fingerprint density at radius 3 is 2.89 bits per heavy atom. The Hall–Kier alpha value is -3.73. The van der Waals surface area contributed by atoms with E-state index in [9.17, 15) is 14.9 Å². The van der Waals surface area contributed by atoms with Gasteiger partial charge in [-0.25, -0.2) is 8.96 Å². The zero-order chi connectivity index (χ0) is 26.0. The summed E-state index contributed by atoms with van der Waals surface area (Å²) >= 11 is 0. The molecule has 0 amide bonds. The number of ketones is 1. The molecule has 1 aromatic heterocycles. The Kier molecular flexibility index (Phi) is 7.11. The summed E-state index contributed by atoms with van der Waals surface area (Å²) in [4.78, 5) is 26.7. The molecule has 192 valence electrons. The molecular formula is C25H28FN3O7. The van der Waals surface area contributed by atoms with Crippen LogP contribution in [0.1, 0.15) is 31.0 Å². The maximum Gasteiger partial charge on any atom is 0.434 e. The van der Waals surface area contributed by atoms with E-state index >= 15 is 4.39 Å². The molecule has 1 saturated heterocycles. The zero-order valence-electron chi connectivity index (χ0n) is 20.4. The monoisotopic (exact) mass is 501 g/mol. The molecule has 36 heavy (non-hydrogen) atoms. The van der Waals surface area contributed by atoms with Crippen LogP contribution in [-0.4, -0.2) is 39.8 Å². The van der Waals surface area contributed by atoms with Gasteiger partial charge in [0.15, 0.2) is 29.8 Å². The summed E-state index contributed by atoms with van der Waals surface area (Å²) in [6.07, 6.45) is 5.77. The van der Waals surface area contributed by atoms with Crippen LogP contribution in [0.25, 0.3) is 0 Å². The van der Waals surface area contributed by atoms with Gasteiger partial charge in [0.1, 0.15) is 30.0 Å². The number of hydrogen-bond donors (Lipinski definition) is 0. The summed E-state index contributed by atoms with van der Waals surface area (Å²) in [6.45, 7) is 5.67. The molecule has 3 atom stereocenters. The number of nitro groups is 1. The van der Waals surface area contributed by atoms with E-state index in [4.69, 9.17) is 18.9 Å². The number of carbonyl (C=O) groups is 1. The van der Waals surface area contributed by atoms with Gasteiger partial charge in [-0.05, 0) is 41.7 Å². The van der Waals surface area contributed by atoms with E-state index < -0.39 is 16.3 Å². The topological polar surface area (TPSA) is 115 Å². The highest BCUT2D eigenvalue weighted by atomic mass is 19.1. The average Bonchev–Trinajstić information content (AvgIpc) is 3.43. The van der Waals surface area contributed by atoms with Gasteiger partial charge in [-0.3, -0.25) is 4.79 Å². The van der Waals surface area contributed by atoms with Crippen LogP contribution in [0.2, 0.25) is 0 Å². The van der Waals surface area contributed by atoms with E-state index in [1.54, 1.807) is 12.1 Å². The molecule has 0 N–H and O–H groups in total. The summed E-state index contributed by atoms with van der Waals surface area (Å²) in [7, 11) is 2.92. The molecule has 0 unspecified atom stereocenters. The lowest BCUT2D eigenvalue weighted by Gasteiger charge is -2.38. The van der Waals surface area contributed by atoms with Gasteiger partial charge in [-0.2, -0.15) is 0 Å². The zero-order valence-corrected chi connectivity index (χ0v) is 20.4. The molecule has 10 nitrogen and oxygen atoms in total. The van der Waals surface area contributed by atoms with Gasteiger partial charge >= 0.3 is 5.95 Å². The molecule has 2 aliphatic rings. The molecule has 2 aromatic rings. The van der Waals surface area contributed by atoms with Crippen LogP contribution in [0.4, 0.5) is 10.3 Å². The molecule has 1 fully saturated rings. The lowest BCUT2D eigenvalue weighted by Crippen LogP contribution is -2.45. The van der Waals surface area contributed by atoms with Crippen LogP contribution in [0.3, 0.4) is 0 Å². The SMILES string of the molecule is C=CC[C@H]1C[C@]2([C@@H](C)Cc3cc(OCc4cnc([N+](=O)[O-])n4C)c(OC)cc3F)OCOC2=CC1=O. The number of fused-ring (bicyclic) bond motifs is 1. The van der Waals surface area contributed by atoms with Crippen LogP contribution in [0.5, 0.6) is 11.5 Å². The highest BCUT2D eigenvalue weighted by molar-refractivity contribution is 5.93. The third kappa shape index (κ3) is 4.58. The van der Waals surface area contributed by atoms with E-state index in [0.717, 1.165) is 0 Å². The van der Waals surface area contributed by atoms with Crippen molar-refractivity contribution in [3.8, 4) is 11.5 Å². The quantitative estimate of drug-likeness (QED) is 0.272. The van der Waals surface area contributed by atoms with E-state index in [1.165, 1.54) is 37.1 Å². The lowest BCUT2D eigenvalue weighted by atomic mass is 9.71. The molecule has 0 saturated carbocycles. The molecule has 11 heteroatoms. The molecule has 1 aliphatic heterocycles. The van der Waals surface area contributed by atoms with Crippen molar-refractivity contribution in [1.29, 1.82) is 0 Å². The molecule has 0 spiro atoms. The van der Waals surface area contributed by atoms with Crippen molar-refractivity contribution in [2.75, 3.05) is 13.9 Å². The standard InChI is InChI=1S/C25H28FN3O7/c1-5-6-16-11-25(23(10-20(16)30)35-14-36-25)15(2)7-17-8-22(21(33-4)9-19(17)26)34-13-18-12-27-24(28(18)3)29(31)32/h5,8-10,12,15-16H,1,6-7,11,13-14H2,2-4H3/t15-,16-,25+/m0/s1. The first-order chi connectivity index (χ1) is 17.2. The lowest BCUT2D eigenvalue weighted by molar-refractivity contribution is -0.396. The predicted octanol–water partition coefficient (Wildman–Crippen LogP) is 4.03. The Bertz CT molecular complexity index is 1220. The van der Waals surface area contributed by atoms with Crippen LogP contribution in [0.15, 0.2) is 42.8 Å². The van der Waals surface area contributed by atoms with Crippen molar-refractivity contribution in [1.82, 2.24) is 9.55 Å². The number of methoxy groups -OCH3 is 1. The van der Waals surface area contributed by atoms with E-state index in [1.807, 2.05) is 6.92 Å². The number of rotatable bonds is 10. The predicted molar refractivity (Wildman–Crippen MR) is 126 cm³/mol. The second-order valence-electron chi connectivity index (χ2n) is 8.99. The maximum absolute atomic E-state index is 15.1. The van der Waals surface area contributed by atoms with Gasteiger partial charge in [-0.1, -0.05) is 18.0 Å². The minimum absolute atomic E-state index is 0.0278. The van der Waals surface area contributed by atoms with E-state index in [0.29, 0.717) is 29.9 Å². The van der Waals surface area contributed by atoms with Crippen LogP contribution >= 0.6 is 0 Å². The fraction of sp³-hybridized carbons (Fsp3) is 0.440. The van der Waals surface area contributed by atoms with Crippen LogP contribution in [0, 0.1) is 27.8 Å². The van der Waals surface area contributed by atoms with Gasteiger partial charge in [0.05, 0.1) is 14.2 Å². The number of benzene rings is 1. The first-order valence-corrected chi connectivity index (χ1v) is 11.5. The normalized spacial score (nSPS) is 21.8. The first-order valence-electron chi connectivity index (χ1n) is 11.5. The van der Waals surface area contributed by atoms with Crippen LogP contribution in [-0.2, 0) is 34.3 Å². The fourth-order valence-electron chi connectivity index (χ4n) is 4.81. The number of hydrogen-bond acceptors (Lipinski definition) is 8. The second-order valence-corrected chi connectivity index (χ2v) is 8.99. The van der Waals surface area contributed by atoms with Crippen molar-refractivity contribution in [2.45, 2.75) is 38.4 Å². The summed E-state index contributed by atoms with van der Waals surface area (Å²) < 4.78 is 39.2. The second kappa shape index (κ2) is 10.1. The van der Waals surface area contributed by atoms with Crippen molar-refractivity contribution in [3.63, 3.8) is 0 Å². The minimum Gasteiger partial charge on any atom is -0.493 e. The third-order valence-corrected chi connectivity index (χ3v) is 6.88. The third-order valence-electron chi connectivity index (χ3n) is 6.88. The Morgan fingerprint density at radius 1 is 1.44 bits per heavy atom. The van der Waals surface area contributed by atoms with Crippen molar-refractivity contribution in [2.24, 2.45) is 18.9 Å². The molecule has 0 bridgehead atoms. The van der Waals surface area contributed by atoms with Gasteiger partial charge in [0.25, 0.3) is 0 Å². The van der Waals surface area contributed by atoms with Gasteiger partial charge < -0.3 is 29.1 Å². The molecule has 1 aromatic carbocycles. The molecule has 1 aliphatic carbocycles. The largest absolute Gasteiger partial charge is 0.493 e. The Morgan fingerprint density at radius 2 is 2.22 bits per heavy atom. The molecule has 2 heterocycles. The highest BCUT2D eigenvalue weighted by Gasteiger charge is 2.51. The first kappa shape index (κ1) is 25.4.